The summed E-state index contributed by atoms with van der Waals surface area (Å²) < 4.78 is 39.4. The molecule has 0 saturated heterocycles. The van der Waals surface area contributed by atoms with Crippen LogP contribution in [0.15, 0.2) is 67.0 Å². The van der Waals surface area contributed by atoms with Crippen LogP contribution in [0.5, 0.6) is 23.1 Å². The molecule has 0 saturated carbocycles. The first-order valence-electron chi connectivity index (χ1n) is 11.8. The summed E-state index contributed by atoms with van der Waals surface area (Å²) in [6.07, 6.45) is 2.75. The van der Waals surface area contributed by atoms with Crippen LogP contribution in [0.2, 0.25) is 0 Å². The van der Waals surface area contributed by atoms with Crippen LogP contribution >= 0.6 is 0 Å². The molecule has 0 radical (unpaired) electrons. The maximum absolute atomic E-state index is 15.0. The van der Waals surface area contributed by atoms with Crippen molar-refractivity contribution in [3.8, 4) is 34.3 Å². The summed E-state index contributed by atoms with van der Waals surface area (Å²) in [7, 11) is 1.50. The Kier molecular flexibility index (Phi) is 6.76. The Hall–Kier alpha value is -5.12. The van der Waals surface area contributed by atoms with Crippen LogP contribution in [0, 0.1) is 25.5 Å². The van der Waals surface area contributed by atoms with E-state index < -0.39 is 17.5 Å². The van der Waals surface area contributed by atoms with Crippen LogP contribution in [0.25, 0.3) is 22.2 Å². The number of methoxy groups -OCH3 is 1. The van der Waals surface area contributed by atoms with Crippen LogP contribution < -0.4 is 14.8 Å². The minimum absolute atomic E-state index is 0.0970. The summed E-state index contributed by atoms with van der Waals surface area (Å²) in [4.78, 5) is 25.8. The smallest absolute Gasteiger partial charge is 0.261 e. The van der Waals surface area contributed by atoms with Crippen LogP contribution in [0.1, 0.15) is 21.6 Å². The highest BCUT2D eigenvalue weighted by Gasteiger charge is 2.20. The Bertz CT molecular complexity index is 1730. The second-order valence-electron chi connectivity index (χ2n) is 8.68. The molecule has 1 amide bonds. The molecule has 5 rings (SSSR count). The van der Waals surface area contributed by atoms with Crippen molar-refractivity contribution in [2.24, 2.45) is 0 Å². The predicted molar refractivity (Wildman–Crippen MR) is 141 cm³/mol. The molecule has 0 aliphatic heterocycles. The molecule has 0 aliphatic carbocycles. The van der Waals surface area contributed by atoms with E-state index in [1.807, 2.05) is 6.92 Å². The van der Waals surface area contributed by atoms with Gasteiger partial charge in [-0.15, -0.1) is 0 Å². The molecule has 0 aliphatic rings. The zero-order valence-electron chi connectivity index (χ0n) is 21.1. The third kappa shape index (κ3) is 5.04. The minimum atomic E-state index is -0.741. The molecular weight excluding hydrogens is 506 g/mol. The molecule has 3 aromatic heterocycles. The number of hydrogen-bond acceptors (Lipinski definition) is 7. The molecule has 3 heterocycles. The number of fused-ring (bicyclic) bond motifs is 1. The highest BCUT2D eigenvalue weighted by molar-refractivity contribution is 6.07. The molecule has 0 unspecified atom stereocenters. The number of aromatic hydroxyl groups is 1. The first kappa shape index (κ1) is 25.5. The van der Waals surface area contributed by atoms with Gasteiger partial charge in [-0.25, -0.2) is 13.8 Å². The number of benzene rings is 2. The molecule has 2 N–H and O–H groups in total. The first-order valence-corrected chi connectivity index (χ1v) is 11.8. The van der Waals surface area contributed by atoms with E-state index in [0.29, 0.717) is 33.7 Å². The van der Waals surface area contributed by atoms with Gasteiger partial charge in [0, 0.05) is 47.0 Å². The Morgan fingerprint density at radius 2 is 1.74 bits per heavy atom. The van der Waals surface area contributed by atoms with Gasteiger partial charge in [0.2, 0.25) is 5.88 Å². The summed E-state index contributed by atoms with van der Waals surface area (Å²) in [5.41, 5.74) is 2.99. The molecule has 39 heavy (non-hydrogen) atoms. The third-order valence-corrected chi connectivity index (χ3v) is 6.04. The summed E-state index contributed by atoms with van der Waals surface area (Å²) in [6.45, 7) is 3.50. The topological polar surface area (TPSA) is 106 Å². The average molecular weight is 529 g/mol. The van der Waals surface area contributed by atoms with E-state index >= 15 is 4.39 Å². The van der Waals surface area contributed by atoms with Gasteiger partial charge >= 0.3 is 0 Å². The zero-order chi connectivity index (χ0) is 27.7. The maximum atomic E-state index is 15.0. The van der Waals surface area contributed by atoms with Gasteiger partial charge in [-0.05, 0) is 49.7 Å². The summed E-state index contributed by atoms with van der Waals surface area (Å²) in [5.74, 6) is -1.63. The van der Waals surface area contributed by atoms with Gasteiger partial charge in [0.25, 0.3) is 5.91 Å². The molecule has 10 heteroatoms. The Balaban J connectivity index is 1.39. The minimum Gasteiger partial charge on any atom is -0.506 e. The fourth-order valence-corrected chi connectivity index (χ4v) is 4.11. The van der Waals surface area contributed by atoms with Crippen LogP contribution in [-0.4, -0.2) is 33.1 Å². The van der Waals surface area contributed by atoms with Gasteiger partial charge in [0.05, 0.1) is 12.6 Å². The number of amides is 1. The number of aryl methyl sites for hydroxylation is 2. The number of nitrogens with one attached hydrogen (secondary N) is 1. The fourth-order valence-electron chi connectivity index (χ4n) is 4.11. The number of pyridine rings is 3. The van der Waals surface area contributed by atoms with Crippen LogP contribution in [0.4, 0.5) is 14.5 Å². The summed E-state index contributed by atoms with van der Waals surface area (Å²) >= 11 is 0. The number of carbonyl (C=O) groups is 1. The molecule has 0 spiro atoms. The van der Waals surface area contributed by atoms with E-state index in [1.165, 1.54) is 55.9 Å². The van der Waals surface area contributed by atoms with Crippen molar-refractivity contribution in [3.63, 3.8) is 0 Å². The van der Waals surface area contributed by atoms with Gasteiger partial charge < -0.3 is 19.9 Å². The number of ether oxygens (including phenoxy) is 2. The standard InChI is InChI=1S/C29H22F2N4O4/c1-15-12-22-26(35-29(15)38-3)24(10-11-32-22)39-23-9-8-19(13-21(23)31)34-28(37)20-14-33-16(2)25(27(20)36)17-4-6-18(30)7-5-17/h4-14H,1-3H3,(H,33,36)(H,34,37). The lowest BCUT2D eigenvalue weighted by molar-refractivity contribution is 0.102. The Labute approximate surface area is 221 Å². The highest BCUT2D eigenvalue weighted by atomic mass is 19.1. The summed E-state index contributed by atoms with van der Waals surface area (Å²) in [6, 6.07) is 12.7. The second-order valence-corrected chi connectivity index (χ2v) is 8.68. The second kappa shape index (κ2) is 10.3. The first-order chi connectivity index (χ1) is 18.7. The van der Waals surface area contributed by atoms with E-state index in [4.69, 9.17) is 9.47 Å². The van der Waals surface area contributed by atoms with E-state index in [9.17, 15) is 14.3 Å². The van der Waals surface area contributed by atoms with Gasteiger partial charge in [-0.1, -0.05) is 12.1 Å². The molecule has 2 aromatic carbocycles. The lowest BCUT2D eigenvalue weighted by Crippen LogP contribution is -2.13. The molecule has 0 atom stereocenters. The number of hydrogen-bond donors (Lipinski definition) is 2. The van der Waals surface area contributed by atoms with Crippen LogP contribution in [0.3, 0.4) is 0 Å². The number of nitrogens with zero attached hydrogens (tertiary/aromatic N) is 3. The van der Waals surface area contributed by atoms with Gasteiger partial charge in [0.1, 0.15) is 22.6 Å². The molecule has 0 fully saturated rings. The summed E-state index contributed by atoms with van der Waals surface area (Å²) in [5, 5.41) is 13.4. The van der Waals surface area contributed by atoms with Crippen LogP contribution in [-0.2, 0) is 0 Å². The van der Waals surface area contributed by atoms with Crippen molar-refractivity contribution < 1.29 is 28.2 Å². The predicted octanol–water partition coefficient (Wildman–Crippen LogP) is 6.35. The quantitative estimate of drug-likeness (QED) is 0.265. The molecule has 5 aromatic rings. The normalized spacial score (nSPS) is 10.9. The lowest BCUT2D eigenvalue weighted by atomic mass is 10.0. The average Bonchev–Trinajstić information content (AvgIpc) is 2.91. The fraction of sp³-hybridized carbons (Fsp3) is 0.103. The largest absolute Gasteiger partial charge is 0.506 e. The van der Waals surface area contributed by atoms with E-state index in [0.717, 1.165) is 11.6 Å². The lowest BCUT2D eigenvalue weighted by Gasteiger charge is -2.14. The SMILES string of the molecule is COc1nc2c(Oc3ccc(NC(=O)c4cnc(C)c(-c5ccc(F)cc5)c4O)cc3F)ccnc2cc1C. The van der Waals surface area contributed by atoms with E-state index in [2.05, 4.69) is 20.3 Å². The number of halogens is 2. The maximum Gasteiger partial charge on any atom is 0.261 e. The number of carbonyl (C=O) groups excluding carboxylic acids is 1. The number of rotatable bonds is 6. The van der Waals surface area contributed by atoms with Gasteiger partial charge in [0.15, 0.2) is 17.3 Å². The van der Waals surface area contributed by atoms with E-state index in [1.54, 1.807) is 19.1 Å². The zero-order valence-corrected chi connectivity index (χ0v) is 21.1. The van der Waals surface area contributed by atoms with E-state index in [-0.39, 0.29) is 28.5 Å². The van der Waals surface area contributed by atoms with Crippen molar-refractivity contribution >= 4 is 22.6 Å². The number of anilines is 1. The van der Waals surface area contributed by atoms with Gasteiger partial charge in [-0.3, -0.25) is 14.8 Å². The van der Waals surface area contributed by atoms with Crippen molar-refractivity contribution in [1.82, 2.24) is 15.0 Å². The molecule has 8 nitrogen and oxygen atoms in total. The van der Waals surface area contributed by atoms with Crippen molar-refractivity contribution in [1.29, 1.82) is 0 Å². The van der Waals surface area contributed by atoms with Crippen molar-refractivity contribution in [3.05, 3.63) is 95.4 Å². The highest BCUT2D eigenvalue weighted by Crippen LogP contribution is 2.35. The number of aromatic nitrogens is 3. The Morgan fingerprint density at radius 1 is 0.974 bits per heavy atom. The van der Waals surface area contributed by atoms with Crippen molar-refractivity contribution in [2.75, 3.05) is 12.4 Å². The Morgan fingerprint density at radius 3 is 2.46 bits per heavy atom. The molecule has 196 valence electrons. The van der Waals surface area contributed by atoms with Crippen molar-refractivity contribution in [2.45, 2.75) is 13.8 Å². The molecule has 0 bridgehead atoms. The monoisotopic (exact) mass is 528 g/mol. The van der Waals surface area contributed by atoms with Gasteiger partial charge in [-0.2, -0.15) is 0 Å². The third-order valence-electron chi connectivity index (χ3n) is 6.04. The molecular formula is C29H22F2N4O4.